The number of aromatic amines is 1. The summed E-state index contributed by atoms with van der Waals surface area (Å²) < 4.78 is 4.97. The van der Waals surface area contributed by atoms with Crippen molar-refractivity contribution in [1.29, 1.82) is 0 Å². The molecule has 0 amide bonds. The molecule has 0 radical (unpaired) electrons. The van der Waals surface area contributed by atoms with Crippen molar-refractivity contribution in [3.05, 3.63) is 46.5 Å². The highest BCUT2D eigenvalue weighted by molar-refractivity contribution is 7.98. The van der Waals surface area contributed by atoms with Crippen molar-refractivity contribution in [1.82, 2.24) is 19.9 Å². The Balaban J connectivity index is 1.77. The molecule has 0 saturated carbocycles. The zero-order valence-electron chi connectivity index (χ0n) is 13.2. The Bertz CT molecular complexity index is 841. The number of para-hydroxylation sites is 2. The second-order valence-corrected chi connectivity index (χ2v) is 6.28. The van der Waals surface area contributed by atoms with Crippen LogP contribution in [-0.2, 0) is 10.5 Å². The standard InChI is InChI=1S/C16H15ClN4O2S/c1-3-23-15(22)13-9(2)18-12(21-14(13)17)8-24-16-19-10-6-4-5-7-11(10)20-16/h4-7H,3,8H2,1-2H3,(H,19,20). The second kappa shape index (κ2) is 7.19. The van der Waals surface area contributed by atoms with Crippen molar-refractivity contribution in [3.8, 4) is 0 Å². The minimum Gasteiger partial charge on any atom is -0.462 e. The van der Waals surface area contributed by atoms with E-state index in [1.165, 1.54) is 11.8 Å². The molecule has 24 heavy (non-hydrogen) atoms. The predicted octanol–water partition coefficient (Wildman–Crippen LogP) is 3.78. The highest BCUT2D eigenvalue weighted by Crippen LogP contribution is 2.24. The van der Waals surface area contributed by atoms with E-state index in [4.69, 9.17) is 16.3 Å². The second-order valence-electron chi connectivity index (χ2n) is 4.96. The smallest absolute Gasteiger partial charge is 0.343 e. The van der Waals surface area contributed by atoms with Gasteiger partial charge in [-0.2, -0.15) is 0 Å². The summed E-state index contributed by atoms with van der Waals surface area (Å²) in [6.07, 6.45) is 0. The molecule has 3 aromatic rings. The van der Waals surface area contributed by atoms with Gasteiger partial charge in [0.1, 0.15) is 16.5 Å². The molecule has 2 aromatic heterocycles. The summed E-state index contributed by atoms with van der Waals surface area (Å²) in [5.41, 5.74) is 2.62. The number of H-pyrrole nitrogens is 1. The molecule has 0 aliphatic rings. The Hall–Kier alpha value is -2.12. The number of carbonyl (C=O) groups excluding carboxylic acids is 1. The van der Waals surface area contributed by atoms with Gasteiger partial charge in [0, 0.05) is 0 Å². The van der Waals surface area contributed by atoms with Crippen molar-refractivity contribution in [2.24, 2.45) is 0 Å². The number of thioether (sulfide) groups is 1. The number of benzene rings is 1. The van der Waals surface area contributed by atoms with Crippen LogP contribution in [0.1, 0.15) is 28.8 Å². The Morgan fingerprint density at radius 1 is 1.29 bits per heavy atom. The number of nitrogens with zero attached hydrogens (tertiary/aromatic N) is 3. The molecule has 1 N–H and O–H groups in total. The van der Waals surface area contributed by atoms with Crippen LogP contribution in [0.25, 0.3) is 11.0 Å². The van der Waals surface area contributed by atoms with Crippen molar-refractivity contribution in [2.45, 2.75) is 24.8 Å². The molecule has 3 rings (SSSR count). The lowest BCUT2D eigenvalue weighted by Gasteiger charge is -2.08. The Labute approximate surface area is 148 Å². The maximum atomic E-state index is 11.9. The van der Waals surface area contributed by atoms with E-state index in [1.54, 1.807) is 13.8 Å². The maximum absolute atomic E-state index is 11.9. The van der Waals surface area contributed by atoms with Crippen LogP contribution in [0.15, 0.2) is 29.4 Å². The van der Waals surface area contributed by atoms with Gasteiger partial charge >= 0.3 is 5.97 Å². The average Bonchev–Trinajstić information content (AvgIpc) is 2.95. The zero-order chi connectivity index (χ0) is 17.1. The molecule has 0 unspecified atom stereocenters. The summed E-state index contributed by atoms with van der Waals surface area (Å²) in [6.45, 7) is 3.73. The highest BCUT2D eigenvalue weighted by atomic mass is 35.5. The fourth-order valence-electron chi connectivity index (χ4n) is 2.22. The molecular formula is C16H15ClN4O2S. The van der Waals surface area contributed by atoms with E-state index in [0.29, 0.717) is 17.3 Å². The van der Waals surface area contributed by atoms with E-state index >= 15 is 0 Å². The molecule has 0 aliphatic carbocycles. The summed E-state index contributed by atoms with van der Waals surface area (Å²) in [7, 11) is 0. The van der Waals surface area contributed by atoms with Crippen LogP contribution in [0, 0.1) is 6.92 Å². The van der Waals surface area contributed by atoms with Crippen LogP contribution in [0.3, 0.4) is 0 Å². The topological polar surface area (TPSA) is 80.8 Å². The lowest BCUT2D eigenvalue weighted by atomic mass is 10.2. The van der Waals surface area contributed by atoms with Gasteiger partial charge in [-0.1, -0.05) is 35.5 Å². The molecule has 0 bridgehead atoms. The first kappa shape index (κ1) is 16.7. The molecule has 0 atom stereocenters. The first-order chi connectivity index (χ1) is 11.6. The highest BCUT2D eigenvalue weighted by Gasteiger charge is 2.18. The van der Waals surface area contributed by atoms with E-state index in [0.717, 1.165) is 16.2 Å². The third kappa shape index (κ3) is 3.52. The van der Waals surface area contributed by atoms with Crippen molar-refractivity contribution in [2.75, 3.05) is 6.61 Å². The number of halogens is 1. The SMILES string of the molecule is CCOC(=O)c1c(C)nc(CSc2nc3ccccc3[nH]2)nc1Cl. The van der Waals surface area contributed by atoms with Gasteiger partial charge in [-0.15, -0.1) is 0 Å². The molecule has 1 aromatic carbocycles. The van der Waals surface area contributed by atoms with Crippen LogP contribution >= 0.6 is 23.4 Å². The van der Waals surface area contributed by atoms with Crippen LogP contribution in [0.4, 0.5) is 0 Å². The Morgan fingerprint density at radius 3 is 2.79 bits per heavy atom. The van der Waals surface area contributed by atoms with Gasteiger partial charge in [0.2, 0.25) is 0 Å². The monoisotopic (exact) mass is 362 g/mol. The lowest BCUT2D eigenvalue weighted by molar-refractivity contribution is 0.0524. The van der Waals surface area contributed by atoms with Crippen LogP contribution < -0.4 is 0 Å². The number of carbonyl (C=O) groups is 1. The molecule has 124 valence electrons. The summed E-state index contributed by atoms with van der Waals surface area (Å²) in [5, 5.41) is 0.893. The van der Waals surface area contributed by atoms with E-state index < -0.39 is 5.97 Å². The molecule has 0 saturated heterocycles. The van der Waals surface area contributed by atoms with E-state index in [-0.39, 0.29) is 17.3 Å². The first-order valence-corrected chi connectivity index (χ1v) is 8.72. The lowest BCUT2D eigenvalue weighted by Crippen LogP contribution is -2.11. The predicted molar refractivity (Wildman–Crippen MR) is 93.4 cm³/mol. The first-order valence-electron chi connectivity index (χ1n) is 7.36. The molecule has 0 fully saturated rings. The van der Waals surface area contributed by atoms with Gasteiger partial charge in [0.25, 0.3) is 0 Å². The van der Waals surface area contributed by atoms with Crippen LogP contribution in [0.2, 0.25) is 5.15 Å². The fraction of sp³-hybridized carbons (Fsp3) is 0.250. The van der Waals surface area contributed by atoms with Crippen LogP contribution in [-0.4, -0.2) is 32.5 Å². The molecule has 8 heteroatoms. The summed E-state index contributed by atoms with van der Waals surface area (Å²) >= 11 is 7.60. The van der Waals surface area contributed by atoms with Gasteiger partial charge in [-0.3, -0.25) is 0 Å². The number of fused-ring (bicyclic) bond motifs is 1. The molecule has 6 nitrogen and oxygen atoms in total. The van der Waals surface area contributed by atoms with Crippen molar-refractivity contribution >= 4 is 40.4 Å². The van der Waals surface area contributed by atoms with Gasteiger partial charge in [-0.25, -0.2) is 19.7 Å². The van der Waals surface area contributed by atoms with Gasteiger partial charge in [0.15, 0.2) is 5.16 Å². The maximum Gasteiger partial charge on any atom is 0.343 e. The number of aromatic nitrogens is 4. The van der Waals surface area contributed by atoms with E-state index in [1.807, 2.05) is 24.3 Å². The number of esters is 1. The largest absolute Gasteiger partial charge is 0.462 e. The number of hydrogen-bond acceptors (Lipinski definition) is 6. The molecule has 0 aliphatic heterocycles. The zero-order valence-corrected chi connectivity index (χ0v) is 14.7. The van der Waals surface area contributed by atoms with E-state index in [2.05, 4.69) is 19.9 Å². The third-order valence-corrected chi connectivity index (χ3v) is 4.42. The Morgan fingerprint density at radius 2 is 2.08 bits per heavy atom. The number of rotatable bonds is 5. The quantitative estimate of drug-likeness (QED) is 0.422. The fourth-order valence-corrected chi connectivity index (χ4v) is 3.27. The normalized spacial score (nSPS) is 11.0. The number of hydrogen-bond donors (Lipinski definition) is 1. The Kier molecular flexibility index (Phi) is 5.01. The van der Waals surface area contributed by atoms with Crippen molar-refractivity contribution < 1.29 is 9.53 Å². The minimum absolute atomic E-state index is 0.112. The summed E-state index contributed by atoms with van der Waals surface area (Å²) in [5.74, 6) is 0.524. The number of nitrogens with one attached hydrogen (secondary N) is 1. The van der Waals surface area contributed by atoms with Gasteiger partial charge in [0.05, 0.1) is 29.1 Å². The molecule has 0 spiro atoms. The minimum atomic E-state index is -0.503. The molecular weight excluding hydrogens is 348 g/mol. The van der Waals surface area contributed by atoms with Gasteiger partial charge < -0.3 is 9.72 Å². The number of imidazole rings is 1. The van der Waals surface area contributed by atoms with Crippen LogP contribution in [0.5, 0.6) is 0 Å². The summed E-state index contributed by atoms with van der Waals surface area (Å²) in [6, 6.07) is 7.81. The third-order valence-electron chi connectivity index (χ3n) is 3.28. The van der Waals surface area contributed by atoms with Gasteiger partial charge in [-0.05, 0) is 26.0 Å². The number of ether oxygens (including phenoxy) is 1. The summed E-state index contributed by atoms with van der Waals surface area (Å²) in [4.78, 5) is 28.1. The molecule has 2 heterocycles. The van der Waals surface area contributed by atoms with Crippen molar-refractivity contribution in [3.63, 3.8) is 0 Å². The average molecular weight is 363 g/mol. The number of aryl methyl sites for hydroxylation is 1. The van der Waals surface area contributed by atoms with E-state index in [9.17, 15) is 4.79 Å².